The molecular weight excluding hydrogens is 224 g/mol. The van der Waals surface area contributed by atoms with Crippen LogP contribution in [-0.2, 0) is 14.3 Å². The van der Waals surface area contributed by atoms with Crippen LogP contribution in [0, 0.1) is 0 Å². The van der Waals surface area contributed by atoms with Gasteiger partial charge in [-0.3, -0.25) is 4.83 Å². The van der Waals surface area contributed by atoms with E-state index in [0.717, 1.165) is 5.56 Å². The number of carbonyl (C=O) groups is 1. The summed E-state index contributed by atoms with van der Waals surface area (Å²) in [6.07, 6.45) is 1.59. The Hall–Kier alpha value is -1.49. The van der Waals surface area contributed by atoms with E-state index in [0.29, 0.717) is 6.61 Å². The summed E-state index contributed by atoms with van der Waals surface area (Å²) in [4.78, 5) is 14.7. The molecule has 0 spiro atoms. The first kappa shape index (κ1) is 11.0. The van der Waals surface area contributed by atoms with E-state index in [9.17, 15) is 4.79 Å². The van der Waals surface area contributed by atoms with Crippen molar-refractivity contribution in [3.05, 3.63) is 35.9 Å². The fourth-order valence-corrected chi connectivity index (χ4v) is 2.26. The minimum absolute atomic E-state index is 0.292. The quantitative estimate of drug-likeness (QED) is 0.641. The lowest BCUT2D eigenvalue weighted by Gasteiger charge is -2.21. The molecule has 0 aromatic heterocycles. The number of hydrogen-bond donors (Lipinski definition) is 1. The van der Waals surface area contributed by atoms with Crippen molar-refractivity contribution in [2.75, 3.05) is 6.61 Å². The fraction of sp³-hybridized carbons (Fsp3) is 0.273. The smallest absolute Gasteiger partial charge is 0.334 e. The number of nitrogens with zero attached hydrogens (tertiary/aromatic N) is 1. The maximum absolute atomic E-state index is 12.0. The predicted molar refractivity (Wildman–Crippen MR) is 64.0 cm³/mol. The van der Waals surface area contributed by atoms with Gasteiger partial charge in [0.1, 0.15) is 0 Å². The summed E-state index contributed by atoms with van der Waals surface area (Å²) in [5.41, 5.74) is 0.868. The van der Waals surface area contributed by atoms with E-state index in [1.54, 1.807) is 13.1 Å². The van der Waals surface area contributed by atoms with E-state index in [1.165, 1.54) is 11.9 Å². The molecule has 1 N–H and O–H groups in total. The third-order valence-corrected chi connectivity index (χ3v) is 3.31. The molecule has 0 fully saturated rings. The van der Waals surface area contributed by atoms with Crippen molar-refractivity contribution in [1.29, 1.82) is 0 Å². The molecule has 0 radical (unpaired) electrons. The van der Waals surface area contributed by atoms with Gasteiger partial charge >= 0.3 is 5.97 Å². The fourth-order valence-electron chi connectivity index (χ4n) is 1.51. The molecular formula is C11H12N2O2S. The summed E-state index contributed by atoms with van der Waals surface area (Å²) in [5.74, 6) is -0.292. The minimum atomic E-state index is -0.850. The van der Waals surface area contributed by atoms with Crippen LogP contribution >= 0.6 is 11.9 Å². The first-order chi connectivity index (χ1) is 7.79. The van der Waals surface area contributed by atoms with Gasteiger partial charge in [-0.25, -0.2) is 4.79 Å². The highest BCUT2D eigenvalue weighted by molar-refractivity contribution is 8.00. The molecule has 1 aliphatic rings. The number of rotatable bonds is 3. The van der Waals surface area contributed by atoms with Gasteiger partial charge in [0.15, 0.2) is 4.75 Å². The summed E-state index contributed by atoms with van der Waals surface area (Å²) < 4.78 is 4.24. The Balaban J connectivity index is 2.37. The van der Waals surface area contributed by atoms with Crippen LogP contribution in [0.1, 0.15) is 12.5 Å². The number of ether oxygens (including phenoxy) is 1. The Labute approximate surface area is 98.2 Å². The molecule has 84 valence electrons. The molecule has 5 heteroatoms. The molecule has 0 saturated carbocycles. The van der Waals surface area contributed by atoms with Crippen molar-refractivity contribution in [3.63, 3.8) is 0 Å². The third-order valence-electron chi connectivity index (χ3n) is 2.29. The second kappa shape index (κ2) is 4.57. The second-order valence-corrected chi connectivity index (χ2v) is 4.30. The largest absolute Gasteiger partial charge is 0.464 e. The van der Waals surface area contributed by atoms with Crippen LogP contribution in [-0.4, -0.2) is 18.8 Å². The zero-order chi connectivity index (χ0) is 11.4. The Bertz CT molecular complexity index is 408. The number of nitrogens with one attached hydrogen (secondary N) is 1. The molecule has 1 aliphatic heterocycles. The second-order valence-electron chi connectivity index (χ2n) is 3.27. The van der Waals surface area contributed by atoms with Gasteiger partial charge in [0, 0.05) is 0 Å². The average molecular weight is 236 g/mol. The van der Waals surface area contributed by atoms with Crippen molar-refractivity contribution in [2.45, 2.75) is 11.7 Å². The summed E-state index contributed by atoms with van der Waals surface area (Å²) >= 11 is 1.24. The van der Waals surface area contributed by atoms with E-state index < -0.39 is 4.75 Å². The van der Waals surface area contributed by atoms with E-state index in [-0.39, 0.29) is 5.97 Å². The minimum Gasteiger partial charge on any atom is -0.464 e. The van der Waals surface area contributed by atoms with Crippen LogP contribution in [0.25, 0.3) is 0 Å². The van der Waals surface area contributed by atoms with Crippen molar-refractivity contribution in [2.24, 2.45) is 5.10 Å². The Morgan fingerprint density at radius 1 is 1.50 bits per heavy atom. The Morgan fingerprint density at radius 2 is 2.25 bits per heavy atom. The van der Waals surface area contributed by atoms with Crippen molar-refractivity contribution in [1.82, 2.24) is 4.83 Å². The van der Waals surface area contributed by atoms with Crippen LogP contribution < -0.4 is 4.83 Å². The van der Waals surface area contributed by atoms with E-state index in [1.807, 2.05) is 30.3 Å². The molecule has 16 heavy (non-hydrogen) atoms. The van der Waals surface area contributed by atoms with Crippen LogP contribution in [0.2, 0.25) is 0 Å². The normalized spacial score (nSPS) is 22.8. The highest BCUT2D eigenvalue weighted by Crippen LogP contribution is 2.37. The first-order valence-electron chi connectivity index (χ1n) is 4.99. The van der Waals surface area contributed by atoms with Gasteiger partial charge in [-0.15, -0.1) is 0 Å². The van der Waals surface area contributed by atoms with Gasteiger partial charge in [0.25, 0.3) is 0 Å². The molecule has 0 amide bonds. The van der Waals surface area contributed by atoms with Crippen LogP contribution in [0.4, 0.5) is 0 Å². The number of hydrogen-bond acceptors (Lipinski definition) is 5. The van der Waals surface area contributed by atoms with Crippen molar-refractivity contribution >= 4 is 24.1 Å². The van der Waals surface area contributed by atoms with Crippen molar-refractivity contribution in [3.8, 4) is 0 Å². The van der Waals surface area contributed by atoms with E-state index >= 15 is 0 Å². The monoisotopic (exact) mass is 236 g/mol. The topological polar surface area (TPSA) is 50.7 Å². The number of carbonyl (C=O) groups excluding carboxylic acids is 1. The first-order valence-corrected chi connectivity index (χ1v) is 5.81. The van der Waals surface area contributed by atoms with Gasteiger partial charge in [0.05, 0.1) is 12.8 Å². The molecule has 1 unspecified atom stereocenters. The number of hydrazone groups is 1. The summed E-state index contributed by atoms with van der Waals surface area (Å²) in [6, 6.07) is 9.48. The zero-order valence-electron chi connectivity index (χ0n) is 8.84. The maximum Gasteiger partial charge on any atom is 0.334 e. The SMILES string of the molecule is CCOC(=O)C1(c2ccccc2)C=NNS1. The molecule has 1 aromatic carbocycles. The molecule has 2 rings (SSSR count). The van der Waals surface area contributed by atoms with Crippen LogP contribution in [0.3, 0.4) is 0 Å². The van der Waals surface area contributed by atoms with E-state index in [4.69, 9.17) is 4.74 Å². The molecule has 1 aromatic rings. The molecule has 1 atom stereocenters. The summed E-state index contributed by atoms with van der Waals surface area (Å²) in [6.45, 7) is 2.16. The molecule has 0 saturated heterocycles. The lowest BCUT2D eigenvalue weighted by atomic mass is 9.99. The van der Waals surface area contributed by atoms with Crippen molar-refractivity contribution < 1.29 is 9.53 Å². The lowest BCUT2D eigenvalue weighted by molar-refractivity contribution is -0.144. The highest BCUT2D eigenvalue weighted by atomic mass is 32.2. The Morgan fingerprint density at radius 3 is 2.81 bits per heavy atom. The van der Waals surface area contributed by atoms with Crippen LogP contribution in [0.5, 0.6) is 0 Å². The van der Waals surface area contributed by atoms with Gasteiger partial charge in [-0.2, -0.15) is 5.10 Å². The molecule has 0 bridgehead atoms. The molecule has 1 heterocycles. The molecule has 0 aliphatic carbocycles. The average Bonchev–Trinajstić information content (AvgIpc) is 2.81. The van der Waals surface area contributed by atoms with E-state index in [2.05, 4.69) is 9.93 Å². The van der Waals surface area contributed by atoms with Gasteiger partial charge in [-0.1, -0.05) is 30.3 Å². The number of benzene rings is 1. The standard InChI is InChI=1S/C11H12N2O2S/c1-2-15-10(14)11(8-12-13-16-11)9-6-4-3-5-7-9/h3-8,13H,2H2,1H3. The number of esters is 1. The molecule has 4 nitrogen and oxygen atoms in total. The summed E-state index contributed by atoms with van der Waals surface area (Å²) in [5, 5.41) is 3.90. The third kappa shape index (κ3) is 1.78. The van der Waals surface area contributed by atoms with Gasteiger partial charge < -0.3 is 4.74 Å². The maximum atomic E-state index is 12.0. The Kier molecular flexibility index (Phi) is 3.14. The zero-order valence-corrected chi connectivity index (χ0v) is 9.66. The highest BCUT2D eigenvalue weighted by Gasteiger charge is 2.44. The van der Waals surface area contributed by atoms with Gasteiger partial charge in [0.2, 0.25) is 0 Å². The summed E-state index contributed by atoms with van der Waals surface area (Å²) in [7, 11) is 0. The van der Waals surface area contributed by atoms with Crippen LogP contribution in [0.15, 0.2) is 35.4 Å². The lowest BCUT2D eigenvalue weighted by Crippen LogP contribution is -2.34. The predicted octanol–water partition coefficient (Wildman–Crippen LogP) is 1.68. The van der Waals surface area contributed by atoms with Gasteiger partial charge in [-0.05, 0) is 24.4 Å².